The number of aliphatic hydroxyl groups excluding tert-OH is 1. The van der Waals surface area contributed by atoms with Gasteiger partial charge in [0.15, 0.2) is 12.4 Å². The first-order chi connectivity index (χ1) is 23.1. The van der Waals surface area contributed by atoms with Crippen LogP contribution in [0.5, 0.6) is 0 Å². The van der Waals surface area contributed by atoms with Crippen molar-refractivity contribution >= 4 is 23.4 Å². The predicted molar refractivity (Wildman–Crippen MR) is 183 cm³/mol. The topological polar surface area (TPSA) is 139 Å². The van der Waals surface area contributed by atoms with E-state index in [1.807, 2.05) is 25.1 Å². The quantitative estimate of drug-likeness (QED) is 0.289. The summed E-state index contributed by atoms with van der Waals surface area (Å²) in [4.78, 5) is 51.2. The van der Waals surface area contributed by atoms with Gasteiger partial charge in [-0.25, -0.2) is 0 Å². The summed E-state index contributed by atoms with van der Waals surface area (Å²) in [5, 5.41) is 26.5. The largest absolute Gasteiger partial charge is 0.458 e. The van der Waals surface area contributed by atoms with E-state index in [0.717, 1.165) is 44.1 Å². The van der Waals surface area contributed by atoms with E-state index in [4.69, 9.17) is 9.47 Å². The maximum Gasteiger partial charge on any atom is 0.306 e. The number of hydrogen-bond acceptors (Lipinski definition) is 8. The zero-order valence-corrected chi connectivity index (χ0v) is 29.7. The Bertz CT molecular complexity index is 1490. The number of nitrogens with one attached hydrogen (secondary N) is 1. The van der Waals surface area contributed by atoms with Gasteiger partial charge >= 0.3 is 5.97 Å². The second-order valence-corrected chi connectivity index (χ2v) is 16.8. The third-order valence-corrected chi connectivity index (χ3v) is 13.6. The van der Waals surface area contributed by atoms with Gasteiger partial charge in [0.25, 0.3) is 0 Å². The van der Waals surface area contributed by atoms with Crippen molar-refractivity contribution in [1.82, 2.24) is 5.32 Å². The fourth-order valence-electron chi connectivity index (χ4n) is 11.1. The molecule has 0 radical (unpaired) electrons. The van der Waals surface area contributed by atoms with Gasteiger partial charge in [-0.3, -0.25) is 19.2 Å². The normalized spacial score (nSPS) is 38.0. The maximum atomic E-state index is 13.6. The molecule has 1 heterocycles. The number of aliphatic hydroxyl groups is 2. The predicted octanol–water partition coefficient (Wildman–Crippen LogP) is 5.15. The van der Waals surface area contributed by atoms with Crippen LogP contribution in [0.1, 0.15) is 110 Å². The number of fused-ring (bicyclic) bond motifs is 5. The lowest BCUT2D eigenvalue weighted by Crippen LogP contribution is -2.62. The van der Waals surface area contributed by atoms with Gasteiger partial charge in [-0.1, -0.05) is 49.8 Å². The van der Waals surface area contributed by atoms with Crippen LogP contribution in [0.25, 0.3) is 0 Å². The van der Waals surface area contributed by atoms with Crippen molar-refractivity contribution < 1.29 is 38.9 Å². The number of benzene rings is 1. The SMILES string of the molecule is CC1(C)C[C@@](CCNC(=O)CCC(=O)OCC(=O)[C@]2(O)CC[C@H]3[C@H]4CCC5=CC(=O)CC[C@@]5(C)[C@H]4[C@@H](O)C[C@]32C)(c2ccccc2)CCO1. The third kappa shape index (κ3) is 6.56. The Morgan fingerprint density at radius 2 is 1.76 bits per heavy atom. The molecule has 3 N–H and O–H groups in total. The zero-order valence-electron chi connectivity index (χ0n) is 29.7. The monoisotopic (exact) mass is 677 g/mol. The van der Waals surface area contributed by atoms with Crippen molar-refractivity contribution in [3.8, 4) is 0 Å². The molecule has 0 bridgehead atoms. The molecule has 49 heavy (non-hydrogen) atoms. The van der Waals surface area contributed by atoms with E-state index in [1.165, 1.54) is 5.56 Å². The molecule has 9 nitrogen and oxygen atoms in total. The van der Waals surface area contributed by atoms with Crippen molar-refractivity contribution in [3.05, 3.63) is 47.5 Å². The number of carbonyl (C=O) groups excluding carboxylic acids is 4. The number of Topliss-reactive ketones (excluding diaryl/α,β-unsaturated/α-hetero) is 1. The highest BCUT2D eigenvalue weighted by atomic mass is 16.5. The Morgan fingerprint density at radius 1 is 1.00 bits per heavy atom. The lowest BCUT2D eigenvalue weighted by molar-refractivity contribution is -0.184. The molecule has 1 aromatic rings. The van der Waals surface area contributed by atoms with Crippen LogP contribution in [0, 0.1) is 28.6 Å². The molecule has 5 aliphatic rings. The average Bonchev–Trinajstić information content (AvgIpc) is 3.33. The molecule has 9 heteroatoms. The average molecular weight is 678 g/mol. The molecule has 4 aliphatic carbocycles. The minimum Gasteiger partial charge on any atom is -0.458 e. The lowest BCUT2D eigenvalue weighted by Gasteiger charge is -2.60. The highest BCUT2D eigenvalue weighted by molar-refractivity contribution is 5.92. The van der Waals surface area contributed by atoms with E-state index in [-0.39, 0.29) is 71.6 Å². The number of ketones is 2. The number of allylic oxidation sites excluding steroid dienone is 1. The van der Waals surface area contributed by atoms with E-state index in [0.29, 0.717) is 26.0 Å². The van der Waals surface area contributed by atoms with E-state index >= 15 is 0 Å². The molecule has 1 aliphatic heterocycles. The fourth-order valence-corrected chi connectivity index (χ4v) is 11.1. The summed E-state index contributed by atoms with van der Waals surface area (Å²) < 4.78 is 11.3. The first-order valence-corrected chi connectivity index (χ1v) is 18.4. The van der Waals surface area contributed by atoms with Crippen molar-refractivity contribution in [2.24, 2.45) is 28.6 Å². The van der Waals surface area contributed by atoms with Crippen molar-refractivity contribution in [1.29, 1.82) is 0 Å². The molecule has 1 aromatic carbocycles. The molecule has 1 saturated heterocycles. The van der Waals surface area contributed by atoms with Crippen molar-refractivity contribution in [2.75, 3.05) is 19.8 Å². The van der Waals surface area contributed by atoms with Gasteiger partial charge < -0.3 is 25.0 Å². The summed E-state index contributed by atoms with van der Waals surface area (Å²) in [5.41, 5.74) is -0.833. The number of rotatable bonds is 10. The Balaban J connectivity index is 0.999. The summed E-state index contributed by atoms with van der Waals surface area (Å²) in [6.45, 7) is 8.84. The van der Waals surface area contributed by atoms with E-state index < -0.39 is 35.5 Å². The second-order valence-electron chi connectivity index (χ2n) is 16.8. The molecule has 0 unspecified atom stereocenters. The first-order valence-electron chi connectivity index (χ1n) is 18.4. The summed E-state index contributed by atoms with van der Waals surface area (Å²) in [5.74, 6) is -1.15. The molecule has 0 aromatic heterocycles. The van der Waals surface area contributed by atoms with Gasteiger partial charge in [0.1, 0.15) is 5.60 Å². The van der Waals surface area contributed by atoms with E-state index in [9.17, 15) is 29.4 Å². The number of carbonyl (C=O) groups is 4. The lowest BCUT2D eigenvalue weighted by atomic mass is 9.45. The van der Waals surface area contributed by atoms with Gasteiger partial charge in [0.2, 0.25) is 11.7 Å². The van der Waals surface area contributed by atoms with Crippen LogP contribution in [0.3, 0.4) is 0 Å². The molecule has 0 spiro atoms. The number of ether oxygens (including phenoxy) is 2. The molecule has 268 valence electrons. The summed E-state index contributed by atoms with van der Waals surface area (Å²) in [6, 6.07) is 10.4. The van der Waals surface area contributed by atoms with Crippen LogP contribution in [-0.4, -0.2) is 70.7 Å². The van der Waals surface area contributed by atoms with Crippen LogP contribution in [-0.2, 0) is 34.1 Å². The van der Waals surface area contributed by atoms with E-state index in [1.54, 1.807) is 6.08 Å². The molecular formula is C40H55NO8. The highest BCUT2D eigenvalue weighted by Gasteiger charge is 2.68. The summed E-state index contributed by atoms with van der Waals surface area (Å²) >= 11 is 0. The minimum absolute atomic E-state index is 0.0208. The molecule has 3 saturated carbocycles. The van der Waals surface area contributed by atoms with Crippen LogP contribution in [0.15, 0.2) is 42.0 Å². The molecule has 6 rings (SSSR count). The highest BCUT2D eigenvalue weighted by Crippen LogP contribution is 2.67. The minimum atomic E-state index is -1.71. The standard InChI is InChI=1S/C40H55NO8/c1-36(2)25-39(19-21-49-36,26-8-6-5-7-9-26)18-20-41-33(45)12-13-34(46)48-24-32(44)40(47)17-15-30-29-11-10-27-22-28(42)14-16-37(27,3)35(29)31(43)23-38(30,40)4/h5-9,22,29-31,35,43,47H,10-21,23-25H2,1-4H3,(H,41,45)/t29-,30+,31+,35-,37-,38-,39+,40-/m1/s1. The molecule has 8 atom stereocenters. The fraction of sp³-hybridized carbons (Fsp3) is 0.700. The number of hydrogen-bond donors (Lipinski definition) is 3. The Kier molecular flexibility index (Phi) is 9.79. The Morgan fingerprint density at radius 3 is 2.49 bits per heavy atom. The van der Waals surface area contributed by atoms with Gasteiger partial charge in [-0.05, 0) is 106 Å². The summed E-state index contributed by atoms with van der Waals surface area (Å²) in [6.07, 6.45) is 7.32. The molecule has 1 amide bonds. The van der Waals surface area contributed by atoms with Crippen molar-refractivity contribution in [2.45, 2.75) is 127 Å². The second kappa shape index (κ2) is 13.3. The first kappa shape index (κ1) is 35.9. The Hall–Kier alpha value is -2.88. The van der Waals surface area contributed by atoms with Gasteiger partial charge in [0.05, 0.1) is 18.1 Å². The van der Waals surface area contributed by atoms with Crippen LogP contribution < -0.4 is 5.32 Å². The number of esters is 1. The molecular weight excluding hydrogens is 622 g/mol. The van der Waals surface area contributed by atoms with E-state index in [2.05, 4.69) is 38.2 Å². The van der Waals surface area contributed by atoms with Gasteiger partial charge in [-0.15, -0.1) is 0 Å². The van der Waals surface area contributed by atoms with Crippen LogP contribution in [0.4, 0.5) is 0 Å². The smallest absolute Gasteiger partial charge is 0.306 e. The van der Waals surface area contributed by atoms with Crippen LogP contribution in [0.2, 0.25) is 0 Å². The zero-order chi connectivity index (χ0) is 35.2. The molecule has 4 fully saturated rings. The number of amides is 1. The van der Waals surface area contributed by atoms with Gasteiger partial charge in [-0.2, -0.15) is 0 Å². The van der Waals surface area contributed by atoms with Gasteiger partial charge in [0, 0.05) is 36.8 Å². The maximum absolute atomic E-state index is 13.6. The van der Waals surface area contributed by atoms with Crippen LogP contribution >= 0.6 is 0 Å². The van der Waals surface area contributed by atoms with Crippen molar-refractivity contribution in [3.63, 3.8) is 0 Å². The third-order valence-electron chi connectivity index (χ3n) is 13.6. The summed E-state index contributed by atoms with van der Waals surface area (Å²) in [7, 11) is 0. The Labute approximate surface area is 290 Å².